The van der Waals surface area contributed by atoms with Crippen LogP contribution >= 0.6 is 0 Å². The van der Waals surface area contributed by atoms with Crippen molar-refractivity contribution in [3.8, 4) is 6.07 Å². The smallest absolute Gasteiger partial charge is 0.241 e. The van der Waals surface area contributed by atoms with Crippen molar-refractivity contribution in [2.75, 3.05) is 23.7 Å². The number of para-hydroxylation sites is 1. The van der Waals surface area contributed by atoms with Crippen molar-refractivity contribution in [2.45, 2.75) is 17.9 Å². The Kier molecular flexibility index (Phi) is 3.40. The zero-order valence-electron chi connectivity index (χ0n) is 12.9. The van der Waals surface area contributed by atoms with Crippen LogP contribution in [-0.4, -0.2) is 35.0 Å². The molecule has 0 bridgehead atoms. The van der Waals surface area contributed by atoms with E-state index >= 15 is 0 Å². The molecule has 2 aliphatic rings. The molecule has 7 nitrogen and oxygen atoms in total. The van der Waals surface area contributed by atoms with Crippen LogP contribution in [0.4, 0.5) is 11.4 Å². The lowest BCUT2D eigenvalue weighted by molar-refractivity contribution is -0.117. The third kappa shape index (κ3) is 2.37. The summed E-state index contributed by atoms with van der Waals surface area (Å²) in [6, 6.07) is 9.84. The van der Waals surface area contributed by atoms with Crippen LogP contribution in [0.15, 0.2) is 36.7 Å². The molecule has 1 fully saturated rings. The Balaban J connectivity index is 1.47. The van der Waals surface area contributed by atoms with Gasteiger partial charge in [-0.2, -0.15) is 5.26 Å². The predicted molar refractivity (Wildman–Crippen MR) is 88.4 cm³/mol. The Morgan fingerprint density at radius 1 is 1.29 bits per heavy atom. The largest absolute Gasteiger partial charge is 0.384 e. The number of hydrogen-bond donors (Lipinski definition) is 3. The predicted octanol–water partition coefficient (Wildman–Crippen LogP) is 1.01. The molecule has 1 saturated heterocycles. The summed E-state index contributed by atoms with van der Waals surface area (Å²) < 4.78 is 0. The Morgan fingerprint density at radius 3 is 2.88 bits per heavy atom. The number of benzene rings is 1. The molecule has 0 aliphatic carbocycles. The van der Waals surface area contributed by atoms with Crippen LogP contribution in [0.2, 0.25) is 0 Å². The third-order valence-electron chi connectivity index (χ3n) is 4.73. The molecule has 1 amide bonds. The zero-order valence-corrected chi connectivity index (χ0v) is 12.9. The molecule has 1 spiro atoms. The molecule has 24 heavy (non-hydrogen) atoms. The molecule has 0 radical (unpaired) electrons. The van der Waals surface area contributed by atoms with E-state index in [2.05, 4.69) is 38.1 Å². The minimum Gasteiger partial charge on any atom is -0.384 e. The second-order valence-corrected chi connectivity index (χ2v) is 6.21. The average molecular weight is 320 g/mol. The molecule has 3 N–H and O–H groups in total. The normalized spacial score (nSPS) is 24.2. The molecule has 3 heterocycles. The van der Waals surface area contributed by atoms with E-state index in [-0.39, 0.29) is 23.2 Å². The van der Waals surface area contributed by atoms with Crippen LogP contribution in [0.5, 0.6) is 0 Å². The van der Waals surface area contributed by atoms with E-state index in [1.165, 1.54) is 18.0 Å². The van der Waals surface area contributed by atoms with Gasteiger partial charge in [0, 0.05) is 24.2 Å². The highest BCUT2D eigenvalue weighted by molar-refractivity contribution is 5.95. The van der Waals surface area contributed by atoms with Crippen LogP contribution in [-0.2, 0) is 10.2 Å². The van der Waals surface area contributed by atoms with Gasteiger partial charge < -0.3 is 16.0 Å². The van der Waals surface area contributed by atoms with Crippen molar-refractivity contribution >= 4 is 17.3 Å². The first-order chi connectivity index (χ1) is 11.7. The molecule has 7 heteroatoms. The van der Waals surface area contributed by atoms with Gasteiger partial charge in [-0.25, -0.2) is 9.97 Å². The number of nitrogens with one attached hydrogen (secondary N) is 3. The van der Waals surface area contributed by atoms with Gasteiger partial charge >= 0.3 is 0 Å². The molecule has 4 rings (SSSR count). The Hall–Kier alpha value is -2.98. The van der Waals surface area contributed by atoms with Gasteiger partial charge in [0.2, 0.25) is 11.7 Å². The number of nitriles is 1. The quantitative estimate of drug-likeness (QED) is 0.763. The zero-order chi connectivity index (χ0) is 16.6. The van der Waals surface area contributed by atoms with Crippen molar-refractivity contribution in [2.24, 2.45) is 0 Å². The first-order valence-corrected chi connectivity index (χ1v) is 7.80. The molecule has 2 aliphatic heterocycles. The number of fused-ring (bicyclic) bond motifs is 2. The molecular formula is C17H16N6O. The minimum atomic E-state index is -0.270. The summed E-state index contributed by atoms with van der Waals surface area (Å²) in [5, 5.41) is 18.3. The summed E-state index contributed by atoms with van der Waals surface area (Å²) in [7, 11) is 0. The summed E-state index contributed by atoms with van der Waals surface area (Å²) in [6.45, 7) is 1.60. The van der Waals surface area contributed by atoms with Crippen LogP contribution in [0.1, 0.15) is 17.8 Å². The fourth-order valence-corrected chi connectivity index (χ4v) is 3.52. The molecule has 2 atom stereocenters. The lowest BCUT2D eigenvalue weighted by Gasteiger charge is -2.22. The van der Waals surface area contributed by atoms with Gasteiger partial charge in [0.15, 0.2) is 0 Å². The number of rotatable bonds is 2. The summed E-state index contributed by atoms with van der Waals surface area (Å²) in [5.74, 6) is -0.0239. The number of aromatic nitrogens is 2. The Morgan fingerprint density at radius 2 is 2.08 bits per heavy atom. The molecule has 2 aromatic rings. The van der Waals surface area contributed by atoms with Crippen molar-refractivity contribution in [3.63, 3.8) is 0 Å². The summed E-state index contributed by atoms with van der Waals surface area (Å²) in [6.07, 6.45) is 3.63. The topological polar surface area (TPSA) is 103 Å². The fourth-order valence-electron chi connectivity index (χ4n) is 3.52. The van der Waals surface area contributed by atoms with Crippen molar-refractivity contribution in [1.29, 1.82) is 5.26 Å². The van der Waals surface area contributed by atoms with E-state index < -0.39 is 0 Å². The van der Waals surface area contributed by atoms with Gasteiger partial charge in [0.1, 0.15) is 6.07 Å². The fraction of sp³-hybridized carbons (Fsp3) is 0.294. The van der Waals surface area contributed by atoms with Gasteiger partial charge in [-0.3, -0.25) is 4.79 Å². The second-order valence-electron chi connectivity index (χ2n) is 6.21. The van der Waals surface area contributed by atoms with Crippen LogP contribution in [0.25, 0.3) is 0 Å². The highest BCUT2D eigenvalue weighted by atomic mass is 16.2. The maximum atomic E-state index is 12.5. The Bertz CT molecular complexity index is 828. The highest BCUT2D eigenvalue weighted by Crippen LogP contribution is 2.42. The number of hydrogen-bond acceptors (Lipinski definition) is 6. The second kappa shape index (κ2) is 5.58. The standard InChI is InChI=1S/C17H16N6O/c18-6-15-19-7-11(8-20-15)23-16(24)14-5-17(10-22-14)9-21-13-4-2-1-3-12(13)17/h1-4,7-8,14,21-22H,5,9-10H2,(H,23,24). The highest BCUT2D eigenvalue weighted by Gasteiger charge is 2.46. The van der Waals surface area contributed by atoms with E-state index in [0.29, 0.717) is 5.69 Å². The molecule has 0 saturated carbocycles. The molecule has 2 unspecified atom stereocenters. The Labute approximate surface area is 139 Å². The SMILES string of the molecule is N#Cc1ncc(NC(=O)C2CC3(CNc4ccccc43)CN2)cn1. The van der Waals surface area contributed by atoms with Crippen LogP contribution < -0.4 is 16.0 Å². The first kappa shape index (κ1) is 14.6. The van der Waals surface area contributed by atoms with Crippen molar-refractivity contribution in [3.05, 3.63) is 48.0 Å². The molecule has 1 aromatic carbocycles. The van der Waals surface area contributed by atoms with Crippen LogP contribution in [0.3, 0.4) is 0 Å². The molecule has 120 valence electrons. The van der Waals surface area contributed by atoms with E-state index in [4.69, 9.17) is 5.26 Å². The maximum absolute atomic E-state index is 12.5. The van der Waals surface area contributed by atoms with Crippen LogP contribution in [0, 0.1) is 11.3 Å². The van der Waals surface area contributed by atoms with Crippen molar-refractivity contribution in [1.82, 2.24) is 15.3 Å². The number of carbonyl (C=O) groups excluding carboxylic acids is 1. The van der Waals surface area contributed by atoms with Gasteiger partial charge in [0.25, 0.3) is 0 Å². The lowest BCUT2D eigenvalue weighted by Crippen LogP contribution is -2.35. The number of carbonyl (C=O) groups is 1. The monoisotopic (exact) mass is 320 g/mol. The van der Waals surface area contributed by atoms with Gasteiger partial charge in [-0.1, -0.05) is 18.2 Å². The average Bonchev–Trinajstić information content (AvgIpc) is 3.22. The summed E-state index contributed by atoms with van der Waals surface area (Å²) in [4.78, 5) is 20.2. The number of anilines is 2. The minimum absolute atomic E-state index is 0.0419. The molecule has 1 aromatic heterocycles. The van der Waals surface area contributed by atoms with Gasteiger partial charge in [0.05, 0.1) is 24.1 Å². The van der Waals surface area contributed by atoms with E-state index in [1.54, 1.807) is 0 Å². The van der Waals surface area contributed by atoms with E-state index in [9.17, 15) is 4.79 Å². The first-order valence-electron chi connectivity index (χ1n) is 7.80. The summed E-state index contributed by atoms with van der Waals surface area (Å²) in [5.41, 5.74) is 2.88. The number of amides is 1. The number of nitrogens with zero attached hydrogens (tertiary/aromatic N) is 3. The van der Waals surface area contributed by atoms with Gasteiger partial charge in [-0.15, -0.1) is 0 Å². The van der Waals surface area contributed by atoms with Gasteiger partial charge in [-0.05, 0) is 18.1 Å². The van der Waals surface area contributed by atoms with Crippen molar-refractivity contribution < 1.29 is 4.79 Å². The van der Waals surface area contributed by atoms with E-state index in [0.717, 1.165) is 25.2 Å². The third-order valence-corrected chi connectivity index (χ3v) is 4.73. The molecular weight excluding hydrogens is 304 g/mol. The lowest BCUT2D eigenvalue weighted by atomic mass is 9.80. The summed E-state index contributed by atoms with van der Waals surface area (Å²) >= 11 is 0. The van der Waals surface area contributed by atoms with E-state index in [1.807, 2.05) is 18.2 Å². The maximum Gasteiger partial charge on any atom is 0.241 e.